The fourth-order valence-corrected chi connectivity index (χ4v) is 2.66. The maximum absolute atomic E-state index is 13.8. The van der Waals surface area contributed by atoms with E-state index < -0.39 is 11.8 Å². The van der Waals surface area contributed by atoms with Crippen molar-refractivity contribution in [3.63, 3.8) is 0 Å². The Bertz CT molecular complexity index is 642. The largest absolute Gasteiger partial charge is 0.465 e. The van der Waals surface area contributed by atoms with Crippen LogP contribution in [0.2, 0.25) is 0 Å². The number of halogens is 1. The lowest BCUT2D eigenvalue weighted by atomic mass is 10.1. The van der Waals surface area contributed by atoms with Gasteiger partial charge in [0, 0.05) is 18.5 Å². The van der Waals surface area contributed by atoms with E-state index in [2.05, 4.69) is 9.72 Å². The highest BCUT2D eigenvalue weighted by Crippen LogP contribution is 2.15. The van der Waals surface area contributed by atoms with Crippen molar-refractivity contribution in [2.75, 3.05) is 14.2 Å². The van der Waals surface area contributed by atoms with E-state index in [9.17, 15) is 9.18 Å². The molecule has 0 spiro atoms. The van der Waals surface area contributed by atoms with Crippen LogP contribution in [-0.4, -0.2) is 30.0 Å². The zero-order valence-electron chi connectivity index (χ0n) is 12.2. The number of aryl methyl sites for hydroxylation is 1. The van der Waals surface area contributed by atoms with Crippen LogP contribution in [-0.2, 0) is 17.8 Å². The van der Waals surface area contributed by atoms with Gasteiger partial charge < -0.3 is 4.74 Å². The van der Waals surface area contributed by atoms with Crippen molar-refractivity contribution >= 4 is 17.3 Å². The van der Waals surface area contributed by atoms with E-state index in [1.165, 1.54) is 19.2 Å². The maximum atomic E-state index is 13.8. The molecule has 0 saturated heterocycles. The fourth-order valence-electron chi connectivity index (χ4n) is 2.06. The topological polar surface area (TPSA) is 42.4 Å². The molecular weight excluding hydrogens is 291 g/mol. The van der Waals surface area contributed by atoms with Crippen LogP contribution in [0.15, 0.2) is 23.6 Å². The summed E-state index contributed by atoms with van der Waals surface area (Å²) in [6.45, 7) is 3.24. The number of methoxy groups -OCH3 is 1. The average molecular weight is 308 g/mol. The molecule has 0 aliphatic heterocycles. The predicted molar refractivity (Wildman–Crippen MR) is 79.8 cm³/mol. The summed E-state index contributed by atoms with van der Waals surface area (Å²) >= 11 is 1.61. The molecule has 0 fully saturated rings. The van der Waals surface area contributed by atoms with E-state index in [0.717, 1.165) is 16.3 Å². The Labute approximate surface area is 127 Å². The van der Waals surface area contributed by atoms with Gasteiger partial charge >= 0.3 is 5.97 Å². The quantitative estimate of drug-likeness (QED) is 0.796. The number of esters is 1. The lowest BCUT2D eigenvalue weighted by Crippen LogP contribution is -2.18. The van der Waals surface area contributed by atoms with E-state index in [1.807, 2.05) is 24.3 Å². The molecule has 2 aromatic rings. The van der Waals surface area contributed by atoms with Crippen LogP contribution in [0.4, 0.5) is 4.39 Å². The molecule has 0 unspecified atom stereocenters. The molecule has 0 atom stereocenters. The Balaban J connectivity index is 2.02. The van der Waals surface area contributed by atoms with Gasteiger partial charge in [-0.3, -0.25) is 4.90 Å². The first-order valence-corrected chi connectivity index (χ1v) is 7.34. The van der Waals surface area contributed by atoms with Crippen molar-refractivity contribution in [3.8, 4) is 0 Å². The highest BCUT2D eigenvalue weighted by Gasteiger charge is 2.13. The lowest BCUT2D eigenvalue weighted by molar-refractivity contribution is 0.0595. The minimum absolute atomic E-state index is 0.0426. The molecular formula is C15H17FN2O2S. The zero-order chi connectivity index (χ0) is 15.4. The van der Waals surface area contributed by atoms with Crippen molar-refractivity contribution in [1.29, 1.82) is 0 Å². The standard InChI is InChI=1S/C15H17FN2O2S/c1-10-17-12(9-21-10)8-18(2)7-11-4-5-13(14(16)6-11)15(19)20-3/h4-6,9H,7-8H2,1-3H3. The second-order valence-electron chi connectivity index (χ2n) is 4.84. The van der Waals surface area contributed by atoms with Gasteiger partial charge in [0.25, 0.3) is 0 Å². The van der Waals surface area contributed by atoms with Gasteiger partial charge in [-0.15, -0.1) is 11.3 Å². The summed E-state index contributed by atoms with van der Waals surface area (Å²) in [7, 11) is 3.18. The van der Waals surface area contributed by atoms with Crippen LogP contribution in [0.3, 0.4) is 0 Å². The van der Waals surface area contributed by atoms with Crippen molar-refractivity contribution in [2.45, 2.75) is 20.0 Å². The molecule has 1 heterocycles. The highest BCUT2D eigenvalue weighted by molar-refractivity contribution is 7.09. The van der Waals surface area contributed by atoms with Gasteiger partial charge in [0.1, 0.15) is 5.82 Å². The molecule has 0 amide bonds. The third-order valence-corrected chi connectivity index (χ3v) is 3.81. The first-order valence-electron chi connectivity index (χ1n) is 6.46. The molecule has 112 valence electrons. The molecule has 1 aromatic carbocycles. The first-order chi connectivity index (χ1) is 9.99. The summed E-state index contributed by atoms with van der Waals surface area (Å²) in [6, 6.07) is 4.56. The van der Waals surface area contributed by atoms with Gasteiger partial charge in [-0.2, -0.15) is 0 Å². The van der Waals surface area contributed by atoms with Crippen molar-refractivity contribution < 1.29 is 13.9 Å². The van der Waals surface area contributed by atoms with E-state index >= 15 is 0 Å². The van der Waals surface area contributed by atoms with Gasteiger partial charge in [0.15, 0.2) is 0 Å². The third kappa shape index (κ3) is 4.09. The highest BCUT2D eigenvalue weighted by atomic mass is 32.1. The number of carbonyl (C=O) groups excluding carboxylic acids is 1. The Morgan fingerprint density at radius 2 is 2.19 bits per heavy atom. The van der Waals surface area contributed by atoms with Crippen molar-refractivity contribution in [3.05, 3.63) is 51.2 Å². The monoisotopic (exact) mass is 308 g/mol. The maximum Gasteiger partial charge on any atom is 0.340 e. The molecule has 2 rings (SSSR count). The number of aromatic nitrogens is 1. The summed E-state index contributed by atoms with van der Waals surface area (Å²) in [4.78, 5) is 17.8. The number of ether oxygens (including phenoxy) is 1. The van der Waals surface area contributed by atoms with Gasteiger partial charge in [0.05, 0.1) is 23.4 Å². The summed E-state index contributed by atoms with van der Waals surface area (Å²) in [5.41, 5.74) is 1.76. The van der Waals surface area contributed by atoms with Crippen LogP contribution in [0, 0.1) is 12.7 Å². The molecule has 0 aliphatic carbocycles. The van der Waals surface area contributed by atoms with Gasteiger partial charge in [-0.1, -0.05) is 6.07 Å². The van der Waals surface area contributed by atoms with Gasteiger partial charge in [0.2, 0.25) is 0 Å². The summed E-state index contributed by atoms with van der Waals surface area (Å²) in [5, 5.41) is 3.05. The molecule has 21 heavy (non-hydrogen) atoms. The number of carbonyl (C=O) groups is 1. The molecule has 0 radical (unpaired) electrons. The van der Waals surface area contributed by atoms with E-state index in [4.69, 9.17) is 0 Å². The number of nitrogens with zero attached hydrogens (tertiary/aromatic N) is 2. The van der Waals surface area contributed by atoms with Gasteiger partial charge in [-0.05, 0) is 31.7 Å². The van der Waals surface area contributed by atoms with E-state index in [1.54, 1.807) is 17.4 Å². The van der Waals surface area contributed by atoms with Crippen molar-refractivity contribution in [1.82, 2.24) is 9.88 Å². The van der Waals surface area contributed by atoms with Crippen LogP contribution in [0.25, 0.3) is 0 Å². The number of hydrogen-bond acceptors (Lipinski definition) is 5. The second kappa shape index (κ2) is 6.78. The third-order valence-electron chi connectivity index (χ3n) is 2.99. The molecule has 1 aromatic heterocycles. The molecule has 6 heteroatoms. The predicted octanol–water partition coefficient (Wildman–Crippen LogP) is 3.01. The Morgan fingerprint density at radius 3 is 2.76 bits per heavy atom. The minimum atomic E-state index is -0.662. The van der Waals surface area contributed by atoms with Crippen molar-refractivity contribution in [2.24, 2.45) is 0 Å². The Morgan fingerprint density at radius 1 is 1.43 bits per heavy atom. The molecule has 0 bridgehead atoms. The molecule has 0 N–H and O–H groups in total. The molecule has 4 nitrogen and oxygen atoms in total. The smallest absolute Gasteiger partial charge is 0.340 e. The number of rotatable bonds is 5. The first kappa shape index (κ1) is 15.6. The molecule has 0 saturated carbocycles. The number of hydrogen-bond donors (Lipinski definition) is 0. The van der Waals surface area contributed by atoms with E-state index in [-0.39, 0.29) is 5.56 Å². The minimum Gasteiger partial charge on any atom is -0.465 e. The van der Waals surface area contributed by atoms with Crippen LogP contribution < -0.4 is 0 Å². The second-order valence-corrected chi connectivity index (χ2v) is 5.90. The summed E-state index contributed by atoms with van der Waals surface area (Å²) < 4.78 is 18.4. The zero-order valence-corrected chi connectivity index (χ0v) is 13.0. The fraction of sp³-hybridized carbons (Fsp3) is 0.333. The Kier molecular flexibility index (Phi) is 5.03. The van der Waals surface area contributed by atoms with Gasteiger partial charge in [-0.25, -0.2) is 14.2 Å². The van der Waals surface area contributed by atoms with Crippen LogP contribution in [0.1, 0.15) is 26.6 Å². The Hall–Kier alpha value is -1.79. The normalized spacial score (nSPS) is 10.9. The number of benzene rings is 1. The summed E-state index contributed by atoms with van der Waals surface area (Å²) in [5.74, 6) is -1.22. The molecule has 0 aliphatic rings. The van der Waals surface area contributed by atoms with Crippen LogP contribution >= 0.6 is 11.3 Å². The van der Waals surface area contributed by atoms with E-state index in [0.29, 0.717) is 13.1 Å². The average Bonchev–Trinajstić information content (AvgIpc) is 2.83. The van der Waals surface area contributed by atoms with Crippen LogP contribution in [0.5, 0.6) is 0 Å². The SMILES string of the molecule is COC(=O)c1ccc(CN(C)Cc2csc(C)n2)cc1F. The summed E-state index contributed by atoms with van der Waals surface area (Å²) in [6.07, 6.45) is 0. The number of thiazole rings is 1. The lowest BCUT2D eigenvalue weighted by Gasteiger charge is -2.15.